The molecule has 0 heterocycles. The molecule has 0 aliphatic heterocycles. The van der Waals surface area contributed by atoms with Crippen molar-refractivity contribution in [3.05, 3.63) is 57.3 Å². The van der Waals surface area contributed by atoms with E-state index in [1.807, 2.05) is 18.2 Å². The normalized spacial score (nSPS) is 10.3. The van der Waals surface area contributed by atoms with Crippen molar-refractivity contribution in [3.63, 3.8) is 0 Å². The average Bonchev–Trinajstić information content (AvgIpc) is 2.40. The Kier molecular flexibility index (Phi) is 4.66. The Morgan fingerprint density at radius 3 is 2.84 bits per heavy atom. The van der Waals surface area contributed by atoms with Crippen LogP contribution in [0.3, 0.4) is 0 Å². The van der Waals surface area contributed by atoms with E-state index >= 15 is 0 Å². The zero-order chi connectivity index (χ0) is 13.8. The summed E-state index contributed by atoms with van der Waals surface area (Å²) < 4.78 is 19.4. The Balaban J connectivity index is 2.14. The third-order valence-corrected chi connectivity index (χ3v) is 3.50. The molecular weight excluding hydrogens is 333 g/mol. The van der Waals surface area contributed by atoms with Gasteiger partial charge in [0.2, 0.25) is 0 Å². The van der Waals surface area contributed by atoms with Crippen LogP contribution >= 0.6 is 27.5 Å². The molecular formula is C14H12BrClFNO. The lowest BCUT2D eigenvalue weighted by Gasteiger charge is -2.10. The monoisotopic (exact) mass is 343 g/mol. The van der Waals surface area contributed by atoms with Gasteiger partial charge in [0, 0.05) is 22.8 Å². The Morgan fingerprint density at radius 1 is 1.32 bits per heavy atom. The molecule has 2 aromatic rings. The number of rotatable bonds is 4. The first-order chi connectivity index (χ1) is 9.10. The van der Waals surface area contributed by atoms with Crippen molar-refractivity contribution in [3.8, 4) is 5.75 Å². The summed E-state index contributed by atoms with van der Waals surface area (Å²) in [4.78, 5) is 0. The van der Waals surface area contributed by atoms with Gasteiger partial charge in [0.1, 0.15) is 11.6 Å². The number of methoxy groups -OCH3 is 1. The van der Waals surface area contributed by atoms with Crippen LogP contribution in [0.2, 0.25) is 5.02 Å². The van der Waals surface area contributed by atoms with E-state index in [4.69, 9.17) is 16.3 Å². The Labute approximate surface area is 124 Å². The molecule has 0 aromatic heterocycles. The molecule has 2 nitrogen and oxygen atoms in total. The lowest BCUT2D eigenvalue weighted by Crippen LogP contribution is -2.01. The number of nitrogens with one attached hydrogen (secondary N) is 1. The molecule has 2 rings (SSSR count). The fourth-order valence-corrected chi connectivity index (χ4v) is 2.33. The zero-order valence-corrected chi connectivity index (χ0v) is 12.6. The third kappa shape index (κ3) is 3.61. The quantitative estimate of drug-likeness (QED) is 0.855. The molecule has 5 heteroatoms. The van der Waals surface area contributed by atoms with E-state index in [0.717, 1.165) is 15.9 Å². The highest BCUT2D eigenvalue weighted by molar-refractivity contribution is 9.10. The minimum absolute atomic E-state index is 0.150. The van der Waals surface area contributed by atoms with Crippen molar-refractivity contribution in [1.29, 1.82) is 0 Å². The first-order valence-corrected chi connectivity index (χ1v) is 6.78. The SMILES string of the molecule is COc1cc(Br)cc(NCc2cccc(F)c2Cl)c1. The lowest BCUT2D eigenvalue weighted by atomic mass is 10.2. The van der Waals surface area contributed by atoms with E-state index in [0.29, 0.717) is 12.1 Å². The molecule has 0 bridgehead atoms. The third-order valence-electron chi connectivity index (χ3n) is 2.62. The number of halogens is 3. The van der Waals surface area contributed by atoms with Crippen molar-refractivity contribution in [2.45, 2.75) is 6.54 Å². The molecule has 0 atom stereocenters. The van der Waals surface area contributed by atoms with Gasteiger partial charge in [0.15, 0.2) is 0 Å². The summed E-state index contributed by atoms with van der Waals surface area (Å²) in [5.74, 6) is 0.329. The largest absolute Gasteiger partial charge is 0.497 e. The van der Waals surface area contributed by atoms with Gasteiger partial charge in [-0.25, -0.2) is 4.39 Å². The van der Waals surface area contributed by atoms with Gasteiger partial charge in [-0.05, 0) is 23.8 Å². The molecule has 0 aliphatic carbocycles. The topological polar surface area (TPSA) is 21.3 Å². The van der Waals surface area contributed by atoms with Gasteiger partial charge in [-0.3, -0.25) is 0 Å². The molecule has 0 amide bonds. The Bertz CT molecular complexity index is 592. The fraction of sp³-hybridized carbons (Fsp3) is 0.143. The van der Waals surface area contributed by atoms with Crippen LogP contribution in [0, 0.1) is 5.82 Å². The van der Waals surface area contributed by atoms with Gasteiger partial charge < -0.3 is 10.1 Å². The lowest BCUT2D eigenvalue weighted by molar-refractivity contribution is 0.414. The van der Waals surface area contributed by atoms with Crippen molar-refractivity contribution in [2.24, 2.45) is 0 Å². The molecule has 2 aromatic carbocycles. The molecule has 0 aliphatic rings. The number of benzene rings is 2. The first kappa shape index (κ1) is 14.2. The van der Waals surface area contributed by atoms with Crippen LogP contribution in [-0.4, -0.2) is 7.11 Å². The van der Waals surface area contributed by atoms with Crippen molar-refractivity contribution in [1.82, 2.24) is 0 Å². The van der Waals surface area contributed by atoms with E-state index in [-0.39, 0.29) is 5.02 Å². The first-order valence-electron chi connectivity index (χ1n) is 5.61. The summed E-state index contributed by atoms with van der Waals surface area (Å²) in [5.41, 5.74) is 1.58. The summed E-state index contributed by atoms with van der Waals surface area (Å²) in [5, 5.41) is 3.33. The second kappa shape index (κ2) is 6.26. The summed E-state index contributed by atoms with van der Waals surface area (Å²) in [7, 11) is 1.61. The predicted molar refractivity (Wildman–Crippen MR) is 79.4 cm³/mol. The van der Waals surface area contributed by atoms with Crippen molar-refractivity contribution >= 4 is 33.2 Å². The second-order valence-corrected chi connectivity index (χ2v) is 5.24. The van der Waals surface area contributed by atoms with Crippen molar-refractivity contribution < 1.29 is 9.13 Å². The van der Waals surface area contributed by atoms with E-state index in [1.165, 1.54) is 6.07 Å². The predicted octanol–water partition coefficient (Wildman–Crippen LogP) is 4.86. The summed E-state index contributed by atoms with van der Waals surface area (Å²) in [6.45, 7) is 0.441. The number of anilines is 1. The highest BCUT2D eigenvalue weighted by atomic mass is 79.9. The van der Waals surface area contributed by atoms with Gasteiger partial charge >= 0.3 is 0 Å². The highest BCUT2D eigenvalue weighted by Crippen LogP contribution is 2.26. The van der Waals surface area contributed by atoms with Crippen LogP contribution in [-0.2, 0) is 6.54 Å². The van der Waals surface area contributed by atoms with E-state index in [2.05, 4.69) is 21.2 Å². The molecule has 0 spiro atoms. The average molecular weight is 345 g/mol. The van der Waals surface area contributed by atoms with Gasteiger partial charge in [-0.1, -0.05) is 39.7 Å². The van der Waals surface area contributed by atoms with Gasteiger partial charge in [-0.2, -0.15) is 0 Å². The minimum Gasteiger partial charge on any atom is -0.497 e. The van der Waals surface area contributed by atoms with Gasteiger partial charge in [0.25, 0.3) is 0 Å². The standard InChI is InChI=1S/C14H12BrClFNO/c1-19-12-6-10(15)5-11(7-12)18-8-9-3-2-4-13(17)14(9)16/h2-7,18H,8H2,1H3. The maximum atomic E-state index is 13.3. The number of hydrogen-bond donors (Lipinski definition) is 1. The van der Waals surface area contributed by atoms with E-state index in [9.17, 15) is 4.39 Å². The molecule has 0 saturated carbocycles. The van der Waals surface area contributed by atoms with Crippen LogP contribution in [0.15, 0.2) is 40.9 Å². The fourth-order valence-electron chi connectivity index (χ4n) is 1.66. The van der Waals surface area contributed by atoms with Crippen LogP contribution in [0.1, 0.15) is 5.56 Å². The van der Waals surface area contributed by atoms with Crippen LogP contribution in [0.25, 0.3) is 0 Å². The number of ether oxygens (including phenoxy) is 1. The minimum atomic E-state index is -0.409. The zero-order valence-electron chi connectivity index (χ0n) is 10.2. The van der Waals surface area contributed by atoms with Crippen LogP contribution in [0.4, 0.5) is 10.1 Å². The van der Waals surface area contributed by atoms with Crippen molar-refractivity contribution in [2.75, 3.05) is 12.4 Å². The Morgan fingerprint density at radius 2 is 2.11 bits per heavy atom. The second-order valence-electron chi connectivity index (χ2n) is 3.95. The van der Waals surface area contributed by atoms with Crippen LogP contribution < -0.4 is 10.1 Å². The van der Waals surface area contributed by atoms with E-state index in [1.54, 1.807) is 19.2 Å². The van der Waals surface area contributed by atoms with Gasteiger partial charge in [0.05, 0.1) is 12.1 Å². The highest BCUT2D eigenvalue weighted by Gasteiger charge is 2.06. The maximum absolute atomic E-state index is 13.3. The summed E-state index contributed by atoms with van der Waals surface area (Å²) in [6, 6.07) is 10.4. The maximum Gasteiger partial charge on any atom is 0.142 e. The Hall–Kier alpha value is -1.26. The molecule has 0 unspecified atom stereocenters. The summed E-state index contributed by atoms with van der Waals surface area (Å²) >= 11 is 9.30. The van der Waals surface area contributed by atoms with E-state index < -0.39 is 5.82 Å². The smallest absolute Gasteiger partial charge is 0.142 e. The molecule has 1 N–H and O–H groups in total. The van der Waals surface area contributed by atoms with Gasteiger partial charge in [-0.15, -0.1) is 0 Å². The summed E-state index contributed by atoms with van der Waals surface area (Å²) in [6.07, 6.45) is 0. The molecule has 0 saturated heterocycles. The molecule has 100 valence electrons. The molecule has 0 radical (unpaired) electrons. The number of hydrogen-bond acceptors (Lipinski definition) is 2. The molecule has 0 fully saturated rings. The molecule has 19 heavy (non-hydrogen) atoms. The van der Waals surface area contributed by atoms with Crippen LogP contribution in [0.5, 0.6) is 5.75 Å².